The van der Waals surface area contributed by atoms with E-state index in [0.717, 1.165) is 22.5 Å². The fourth-order valence-corrected chi connectivity index (χ4v) is 3.09. The van der Waals surface area contributed by atoms with Crippen molar-refractivity contribution in [1.82, 2.24) is 24.9 Å². The van der Waals surface area contributed by atoms with Gasteiger partial charge in [-0.15, -0.1) is 0 Å². The van der Waals surface area contributed by atoms with Gasteiger partial charge < -0.3 is 5.32 Å². The molecule has 2 heterocycles. The number of carbonyl (C=O) groups excluding carboxylic acids is 1. The predicted octanol–water partition coefficient (Wildman–Crippen LogP) is 2.03. The number of rotatable bonds is 5. The number of hydrogen-bond donors (Lipinski definition) is 1. The van der Waals surface area contributed by atoms with Crippen LogP contribution < -0.4 is 10.9 Å². The third kappa shape index (κ3) is 3.24. The predicted molar refractivity (Wildman–Crippen MR) is 101 cm³/mol. The van der Waals surface area contributed by atoms with Crippen molar-refractivity contribution < 1.29 is 4.79 Å². The molecule has 3 aromatic rings. The quantitative estimate of drug-likeness (QED) is 0.761. The zero-order valence-electron chi connectivity index (χ0n) is 15.5. The molecule has 0 radical (unpaired) electrons. The van der Waals surface area contributed by atoms with Crippen molar-refractivity contribution in [1.29, 1.82) is 0 Å². The van der Waals surface area contributed by atoms with Gasteiger partial charge in [0.2, 0.25) is 5.91 Å². The Hall–Kier alpha value is -2.96. The van der Waals surface area contributed by atoms with E-state index in [4.69, 9.17) is 0 Å². The van der Waals surface area contributed by atoms with Crippen molar-refractivity contribution >= 4 is 16.8 Å². The molecule has 0 aliphatic rings. The zero-order valence-corrected chi connectivity index (χ0v) is 15.5. The maximum absolute atomic E-state index is 12.8. The van der Waals surface area contributed by atoms with E-state index in [1.54, 1.807) is 11.7 Å². The average molecular weight is 353 g/mol. The smallest absolute Gasteiger partial charge is 0.295 e. The van der Waals surface area contributed by atoms with Gasteiger partial charge in [-0.05, 0) is 39.3 Å². The molecule has 7 nitrogen and oxygen atoms in total. The van der Waals surface area contributed by atoms with Crippen LogP contribution in [0.15, 0.2) is 29.1 Å². The first kappa shape index (κ1) is 17.8. The molecule has 0 spiro atoms. The van der Waals surface area contributed by atoms with E-state index in [-0.39, 0.29) is 11.5 Å². The van der Waals surface area contributed by atoms with Gasteiger partial charge in [0.15, 0.2) is 5.52 Å². The summed E-state index contributed by atoms with van der Waals surface area (Å²) in [5, 5.41) is 12.3. The van der Waals surface area contributed by atoms with Gasteiger partial charge in [-0.2, -0.15) is 10.2 Å². The lowest BCUT2D eigenvalue weighted by atomic mass is 10.2. The Labute approximate surface area is 151 Å². The highest BCUT2D eigenvalue weighted by Crippen LogP contribution is 2.21. The van der Waals surface area contributed by atoms with Crippen LogP contribution in [0.2, 0.25) is 0 Å². The molecule has 1 N–H and O–H groups in total. The van der Waals surface area contributed by atoms with E-state index in [9.17, 15) is 9.59 Å². The van der Waals surface area contributed by atoms with Crippen LogP contribution in [0.5, 0.6) is 0 Å². The van der Waals surface area contributed by atoms with Crippen LogP contribution in [-0.4, -0.2) is 32.5 Å². The Morgan fingerprint density at radius 2 is 1.81 bits per heavy atom. The van der Waals surface area contributed by atoms with E-state index in [2.05, 4.69) is 15.5 Å². The molecule has 0 aliphatic heterocycles. The van der Waals surface area contributed by atoms with Crippen LogP contribution in [-0.2, 0) is 11.3 Å². The molecule has 0 unspecified atom stereocenters. The third-order valence-corrected chi connectivity index (χ3v) is 4.52. The number of fused-ring (bicyclic) bond motifs is 1. The minimum Gasteiger partial charge on any atom is -0.359 e. The minimum atomic E-state index is -0.225. The van der Waals surface area contributed by atoms with Crippen LogP contribution in [0, 0.1) is 20.8 Å². The summed E-state index contributed by atoms with van der Waals surface area (Å²) < 4.78 is 3.20. The SMILES string of the molecule is CNC(=O)CCCn1nc(C)c2c(C)n(-c3ccc(C)cc3)nc2c1=O. The number of nitrogens with zero attached hydrogens (tertiary/aromatic N) is 4. The summed E-state index contributed by atoms with van der Waals surface area (Å²) in [5.74, 6) is -0.0460. The molecule has 0 atom stereocenters. The lowest BCUT2D eigenvalue weighted by molar-refractivity contribution is -0.120. The fraction of sp³-hybridized carbons (Fsp3) is 0.368. The largest absolute Gasteiger partial charge is 0.359 e. The monoisotopic (exact) mass is 353 g/mol. The van der Waals surface area contributed by atoms with Gasteiger partial charge in [-0.1, -0.05) is 17.7 Å². The minimum absolute atomic E-state index is 0.0460. The molecule has 0 saturated heterocycles. The van der Waals surface area contributed by atoms with Gasteiger partial charge in [0.25, 0.3) is 5.56 Å². The van der Waals surface area contributed by atoms with Crippen molar-refractivity contribution in [3.05, 3.63) is 51.6 Å². The van der Waals surface area contributed by atoms with Crippen molar-refractivity contribution in [3.8, 4) is 5.69 Å². The Bertz CT molecular complexity index is 1020. The maximum Gasteiger partial charge on any atom is 0.295 e. The summed E-state index contributed by atoms with van der Waals surface area (Å²) >= 11 is 0. The molecule has 0 aliphatic carbocycles. The van der Waals surface area contributed by atoms with E-state index >= 15 is 0 Å². The van der Waals surface area contributed by atoms with Gasteiger partial charge in [-0.3, -0.25) is 9.59 Å². The highest BCUT2D eigenvalue weighted by molar-refractivity contribution is 5.83. The van der Waals surface area contributed by atoms with Gasteiger partial charge in [0.05, 0.1) is 22.5 Å². The second kappa shape index (κ2) is 7.11. The molecule has 136 valence electrons. The number of carbonyl (C=O) groups is 1. The van der Waals surface area contributed by atoms with E-state index in [1.165, 1.54) is 10.2 Å². The van der Waals surface area contributed by atoms with Gasteiger partial charge in [0.1, 0.15) is 0 Å². The highest BCUT2D eigenvalue weighted by atomic mass is 16.1. The Morgan fingerprint density at radius 3 is 2.46 bits per heavy atom. The normalized spacial score (nSPS) is 11.1. The number of aryl methyl sites for hydroxylation is 4. The molecule has 0 bridgehead atoms. The molecule has 0 saturated carbocycles. The van der Waals surface area contributed by atoms with Crippen LogP contribution >= 0.6 is 0 Å². The summed E-state index contributed by atoms with van der Waals surface area (Å²) in [6, 6.07) is 8.00. The van der Waals surface area contributed by atoms with Crippen molar-refractivity contribution in [2.75, 3.05) is 7.05 Å². The third-order valence-electron chi connectivity index (χ3n) is 4.52. The molecule has 7 heteroatoms. The van der Waals surface area contributed by atoms with Crippen LogP contribution in [0.3, 0.4) is 0 Å². The highest BCUT2D eigenvalue weighted by Gasteiger charge is 2.17. The first-order chi connectivity index (χ1) is 12.4. The average Bonchev–Trinajstić information content (AvgIpc) is 2.98. The van der Waals surface area contributed by atoms with Crippen molar-refractivity contribution in [3.63, 3.8) is 0 Å². The standard InChI is InChI=1S/C19H23N5O2/c1-12-7-9-15(10-8-12)24-14(3)17-13(2)21-23(19(26)18(17)22-24)11-5-6-16(25)20-4/h7-10H,5-6,11H2,1-4H3,(H,20,25). The molecule has 2 aromatic heterocycles. The number of benzene rings is 1. The van der Waals surface area contributed by atoms with E-state index in [0.29, 0.717) is 24.9 Å². The molecule has 26 heavy (non-hydrogen) atoms. The molecular formula is C19H23N5O2. The van der Waals surface area contributed by atoms with Gasteiger partial charge in [0, 0.05) is 20.0 Å². The van der Waals surface area contributed by atoms with Crippen molar-refractivity contribution in [2.24, 2.45) is 0 Å². The first-order valence-corrected chi connectivity index (χ1v) is 8.67. The van der Waals surface area contributed by atoms with Crippen LogP contribution in [0.4, 0.5) is 0 Å². The summed E-state index contributed by atoms with van der Waals surface area (Å²) in [5.41, 5.74) is 3.92. The number of aromatic nitrogens is 4. The van der Waals surface area contributed by atoms with E-state index < -0.39 is 0 Å². The molecule has 3 rings (SSSR count). The summed E-state index contributed by atoms with van der Waals surface area (Å²) in [6.07, 6.45) is 0.910. The Kier molecular flexibility index (Phi) is 4.88. The van der Waals surface area contributed by atoms with Crippen molar-refractivity contribution in [2.45, 2.75) is 40.2 Å². The number of nitrogens with one attached hydrogen (secondary N) is 1. The van der Waals surface area contributed by atoms with E-state index in [1.807, 2.05) is 45.0 Å². The topological polar surface area (TPSA) is 81.8 Å². The van der Waals surface area contributed by atoms with Crippen LogP contribution in [0.1, 0.15) is 29.8 Å². The molecule has 1 amide bonds. The van der Waals surface area contributed by atoms with Gasteiger partial charge in [-0.25, -0.2) is 9.36 Å². The first-order valence-electron chi connectivity index (χ1n) is 8.67. The zero-order chi connectivity index (χ0) is 18.8. The lowest BCUT2D eigenvalue weighted by Gasteiger charge is -2.06. The molecular weight excluding hydrogens is 330 g/mol. The lowest BCUT2D eigenvalue weighted by Crippen LogP contribution is -2.25. The number of hydrogen-bond acceptors (Lipinski definition) is 4. The van der Waals surface area contributed by atoms with Crippen LogP contribution in [0.25, 0.3) is 16.6 Å². The number of amides is 1. The Balaban J connectivity index is 2.02. The molecule has 1 aromatic carbocycles. The second-order valence-corrected chi connectivity index (χ2v) is 6.45. The fourth-order valence-electron chi connectivity index (χ4n) is 3.09. The summed E-state index contributed by atoms with van der Waals surface area (Å²) in [7, 11) is 1.60. The Morgan fingerprint density at radius 1 is 1.12 bits per heavy atom. The summed E-state index contributed by atoms with van der Waals surface area (Å²) in [6.45, 7) is 6.24. The maximum atomic E-state index is 12.8. The molecule has 0 fully saturated rings. The van der Waals surface area contributed by atoms with Gasteiger partial charge >= 0.3 is 0 Å². The second-order valence-electron chi connectivity index (χ2n) is 6.45. The summed E-state index contributed by atoms with van der Waals surface area (Å²) in [4.78, 5) is 24.2.